The van der Waals surface area contributed by atoms with E-state index in [2.05, 4.69) is 51.3 Å². The van der Waals surface area contributed by atoms with Gasteiger partial charge in [0.05, 0.1) is 16.2 Å². The number of carbonyl (C=O) groups is 1. The number of nitrogens with one attached hydrogen (secondary N) is 1. The number of nitrogens with zero attached hydrogens (tertiary/aromatic N) is 4. The number of anilines is 1. The minimum atomic E-state index is -0.545. The molecule has 0 unspecified atom stereocenters. The van der Waals surface area contributed by atoms with Gasteiger partial charge in [-0.1, -0.05) is 12.1 Å². The van der Waals surface area contributed by atoms with Gasteiger partial charge in [-0.2, -0.15) is 0 Å². The van der Waals surface area contributed by atoms with Crippen LogP contribution in [0.4, 0.5) is 11.4 Å². The van der Waals surface area contributed by atoms with Gasteiger partial charge in [-0.3, -0.25) is 24.8 Å². The van der Waals surface area contributed by atoms with Crippen LogP contribution in [-0.2, 0) is 0 Å². The predicted octanol–water partition coefficient (Wildman–Crippen LogP) is 2.16. The molecule has 0 radical (unpaired) electrons. The second-order valence-electron chi connectivity index (χ2n) is 7.01. The molecule has 0 bridgehead atoms. The molecule has 0 spiro atoms. The average Bonchev–Trinajstić information content (AvgIpc) is 2.68. The summed E-state index contributed by atoms with van der Waals surface area (Å²) in [7, 11) is 0. The minimum absolute atomic E-state index is 0.178. The third kappa shape index (κ3) is 4.83. The topological polar surface area (TPSA) is 91.6 Å². The molecule has 28 heavy (non-hydrogen) atoms. The molecule has 1 amide bonds. The number of amides is 1. The molecule has 3 rings (SSSR count). The molecule has 1 aliphatic heterocycles. The summed E-state index contributed by atoms with van der Waals surface area (Å²) >= 11 is 0. The highest BCUT2D eigenvalue weighted by molar-refractivity contribution is 5.95. The lowest BCUT2D eigenvalue weighted by atomic mass is 10.2. The van der Waals surface area contributed by atoms with Crippen LogP contribution in [0, 0.1) is 24.0 Å². The Morgan fingerprint density at radius 2 is 1.96 bits per heavy atom. The van der Waals surface area contributed by atoms with Crippen LogP contribution in [0.3, 0.4) is 0 Å². The fourth-order valence-corrected chi connectivity index (χ4v) is 3.33. The first-order valence-corrected chi connectivity index (χ1v) is 9.37. The number of carbonyl (C=O) groups excluding carboxylic acids is 1. The zero-order valence-electron chi connectivity index (χ0n) is 16.2. The summed E-state index contributed by atoms with van der Waals surface area (Å²) in [6, 6.07) is 9.79. The summed E-state index contributed by atoms with van der Waals surface area (Å²) in [6.07, 6.45) is 1.17. The van der Waals surface area contributed by atoms with E-state index >= 15 is 0 Å². The highest BCUT2D eigenvalue weighted by Crippen LogP contribution is 2.18. The maximum Gasteiger partial charge on any atom is 0.288 e. The summed E-state index contributed by atoms with van der Waals surface area (Å²) in [5.41, 5.74) is 3.06. The molecule has 1 aliphatic rings. The molecular weight excluding hydrogens is 358 g/mol. The summed E-state index contributed by atoms with van der Waals surface area (Å²) < 4.78 is 0. The zero-order valence-corrected chi connectivity index (χ0v) is 16.2. The monoisotopic (exact) mass is 383 g/mol. The number of benzene rings is 1. The van der Waals surface area contributed by atoms with Gasteiger partial charge < -0.3 is 10.2 Å². The Balaban J connectivity index is 1.47. The third-order valence-electron chi connectivity index (χ3n) is 4.98. The van der Waals surface area contributed by atoms with E-state index in [1.807, 2.05) is 0 Å². The SMILES string of the molecule is Cc1cccc(N2CCN(CCNC(=O)c3cc([N+](=O)[O-])cnc3C)CC2)c1. The largest absolute Gasteiger partial charge is 0.369 e. The second kappa shape index (κ2) is 8.79. The second-order valence-corrected chi connectivity index (χ2v) is 7.01. The summed E-state index contributed by atoms with van der Waals surface area (Å²) in [6.45, 7) is 8.77. The van der Waals surface area contributed by atoms with Gasteiger partial charge in [0, 0.05) is 51.0 Å². The van der Waals surface area contributed by atoms with Gasteiger partial charge >= 0.3 is 0 Å². The summed E-state index contributed by atoms with van der Waals surface area (Å²) in [5, 5.41) is 13.7. The first-order chi connectivity index (χ1) is 13.4. The van der Waals surface area contributed by atoms with Gasteiger partial charge in [0.15, 0.2) is 0 Å². The van der Waals surface area contributed by atoms with Crippen LogP contribution in [0.15, 0.2) is 36.5 Å². The molecule has 0 aliphatic carbocycles. The van der Waals surface area contributed by atoms with Crippen molar-refractivity contribution in [3.8, 4) is 0 Å². The molecule has 0 saturated carbocycles. The van der Waals surface area contributed by atoms with Crippen LogP contribution in [0.1, 0.15) is 21.6 Å². The number of pyridine rings is 1. The highest BCUT2D eigenvalue weighted by Gasteiger charge is 2.18. The van der Waals surface area contributed by atoms with Crippen molar-refractivity contribution in [2.75, 3.05) is 44.2 Å². The predicted molar refractivity (Wildman–Crippen MR) is 108 cm³/mol. The van der Waals surface area contributed by atoms with Gasteiger partial charge in [0.1, 0.15) is 6.20 Å². The molecule has 1 aromatic heterocycles. The average molecular weight is 383 g/mol. The molecule has 2 heterocycles. The van der Waals surface area contributed by atoms with Crippen LogP contribution in [0.2, 0.25) is 0 Å². The fraction of sp³-hybridized carbons (Fsp3) is 0.400. The first kappa shape index (κ1) is 19.8. The Kier molecular flexibility index (Phi) is 6.20. The molecule has 1 saturated heterocycles. The number of aryl methyl sites for hydroxylation is 2. The van der Waals surface area contributed by atoms with Gasteiger partial charge in [-0.25, -0.2) is 0 Å². The number of rotatable bonds is 6. The number of aromatic nitrogens is 1. The van der Waals surface area contributed by atoms with Gasteiger partial charge in [-0.15, -0.1) is 0 Å². The maximum absolute atomic E-state index is 12.4. The Morgan fingerprint density at radius 1 is 1.21 bits per heavy atom. The van der Waals surface area contributed by atoms with Crippen molar-refractivity contribution < 1.29 is 9.72 Å². The Labute approximate surface area is 164 Å². The van der Waals surface area contributed by atoms with E-state index in [4.69, 9.17) is 0 Å². The van der Waals surface area contributed by atoms with E-state index in [1.54, 1.807) is 6.92 Å². The normalized spacial score (nSPS) is 14.7. The molecule has 1 N–H and O–H groups in total. The molecule has 2 aromatic rings. The summed E-state index contributed by atoms with van der Waals surface area (Å²) in [5.74, 6) is -0.327. The molecule has 1 fully saturated rings. The zero-order chi connectivity index (χ0) is 20.1. The van der Waals surface area contributed by atoms with E-state index < -0.39 is 4.92 Å². The van der Waals surface area contributed by atoms with Crippen molar-refractivity contribution in [3.05, 3.63) is 63.5 Å². The van der Waals surface area contributed by atoms with Crippen LogP contribution in [-0.4, -0.2) is 60.0 Å². The number of hydrogen-bond acceptors (Lipinski definition) is 6. The van der Waals surface area contributed by atoms with E-state index in [1.165, 1.54) is 23.5 Å². The molecular formula is C20H25N5O3. The Bertz CT molecular complexity index is 863. The summed E-state index contributed by atoms with van der Waals surface area (Å²) in [4.78, 5) is 31.3. The number of nitro groups is 1. The van der Waals surface area contributed by atoms with Crippen LogP contribution in [0.5, 0.6) is 0 Å². The van der Waals surface area contributed by atoms with Crippen molar-refractivity contribution in [2.45, 2.75) is 13.8 Å². The lowest BCUT2D eigenvalue weighted by Crippen LogP contribution is -2.48. The molecule has 148 valence electrons. The highest BCUT2D eigenvalue weighted by atomic mass is 16.6. The van der Waals surface area contributed by atoms with Crippen LogP contribution >= 0.6 is 0 Å². The van der Waals surface area contributed by atoms with Crippen molar-refractivity contribution in [1.82, 2.24) is 15.2 Å². The minimum Gasteiger partial charge on any atom is -0.369 e. The number of piperazine rings is 1. The van der Waals surface area contributed by atoms with E-state index in [9.17, 15) is 14.9 Å². The molecule has 8 nitrogen and oxygen atoms in total. The Morgan fingerprint density at radius 3 is 2.64 bits per heavy atom. The van der Waals surface area contributed by atoms with E-state index in [0.29, 0.717) is 12.2 Å². The van der Waals surface area contributed by atoms with E-state index in [-0.39, 0.29) is 17.2 Å². The maximum atomic E-state index is 12.4. The number of hydrogen-bond donors (Lipinski definition) is 1. The van der Waals surface area contributed by atoms with Crippen molar-refractivity contribution >= 4 is 17.3 Å². The van der Waals surface area contributed by atoms with Crippen molar-refractivity contribution in [2.24, 2.45) is 0 Å². The van der Waals surface area contributed by atoms with Crippen LogP contribution in [0.25, 0.3) is 0 Å². The van der Waals surface area contributed by atoms with Crippen LogP contribution < -0.4 is 10.2 Å². The molecule has 0 atom stereocenters. The van der Waals surface area contributed by atoms with Crippen molar-refractivity contribution in [3.63, 3.8) is 0 Å². The lowest BCUT2D eigenvalue weighted by Gasteiger charge is -2.36. The lowest BCUT2D eigenvalue weighted by molar-refractivity contribution is -0.385. The fourth-order valence-electron chi connectivity index (χ4n) is 3.33. The molecule has 8 heteroatoms. The first-order valence-electron chi connectivity index (χ1n) is 9.37. The van der Waals surface area contributed by atoms with Gasteiger partial charge in [-0.05, 0) is 31.5 Å². The smallest absolute Gasteiger partial charge is 0.288 e. The van der Waals surface area contributed by atoms with E-state index in [0.717, 1.165) is 32.7 Å². The van der Waals surface area contributed by atoms with Crippen molar-refractivity contribution in [1.29, 1.82) is 0 Å². The van der Waals surface area contributed by atoms with Gasteiger partial charge in [0.25, 0.3) is 11.6 Å². The third-order valence-corrected chi connectivity index (χ3v) is 4.98. The Hall–Kier alpha value is -3.00. The standard InChI is InChI=1S/C20H25N5O3/c1-15-4-3-5-17(12-15)24-10-8-23(9-11-24)7-6-21-20(26)19-13-18(25(27)28)14-22-16(19)2/h3-5,12-14H,6-11H2,1-2H3,(H,21,26). The quantitative estimate of drug-likeness (QED) is 0.607. The molecule has 1 aromatic carbocycles. The van der Waals surface area contributed by atoms with Gasteiger partial charge in [0.2, 0.25) is 0 Å².